The predicted octanol–water partition coefficient (Wildman–Crippen LogP) is 4.71. The van der Waals surface area contributed by atoms with E-state index in [1.165, 1.54) is 17.0 Å². The molecule has 0 radical (unpaired) electrons. The van der Waals surface area contributed by atoms with Gasteiger partial charge in [-0.2, -0.15) is 0 Å². The normalized spacial score (nSPS) is 12.0. The molecule has 3 rings (SSSR count). The van der Waals surface area contributed by atoms with Crippen LogP contribution in [0.1, 0.15) is 30.5 Å². The highest BCUT2D eigenvalue weighted by Crippen LogP contribution is 2.26. The summed E-state index contributed by atoms with van der Waals surface area (Å²) in [7, 11) is -4.10. The molecule has 1 N–H and O–H groups in total. The van der Waals surface area contributed by atoms with Crippen LogP contribution in [-0.2, 0) is 26.2 Å². The summed E-state index contributed by atoms with van der Waals surface area (Å²) in [5.41, 5.74) is 3.10. The van der Waals surface area contributed by atoms with Crippen molar-refractivity contribution in [2.45, 2.75) is 45.2 Å². The topological polar surface area (TPSA) is 86.8 Å². The lowest BCUT2D eigenvalue weighted by molar-refractivity contribution is -0.139. The minimum absolute atomic E-state index is 0.0581. The van der Waals surface area contributed by atoms with Crippen molar-refractivity contribution >= 4 is 39.1 Å². The molecule has 0 fully saturated rings. The number of anilines is 1. The number of hydrogen-bond acceptors (Lipinski definition) is 4. The number of nitrogens with zero attached hydrogens (tertiary/aromatic N) is 2. The largest absolute Gasteiger partial charge is 0.355 e. The quantitative estimate of drug-likeness (QED) is 0.403. The third-order valence-corrected chi connectivity index (χ3v) is 8.03. The zero-order chi connectivity index (χ0) is 27.2. The Bertz CT molecular complexity index is 1330. The Morgan fingerprint density at radius 3 is 1.97 bits per heavy atom. The molecule has 0 aromatic heterocycles. The smallest absolute Gasteiger partial charge is 0.264 e. The molecular weight excluding hydrogens is 510 g/mol. The molecule has 0 aliphatic carbocycles. The highest BCUT2D eigenvalue weighted by atomic mass is 35.5. The fraction of sp³-hybridized carbons (Fsp3) is 0.286. The summed E-state index contributed by atoms with van der Waals surface area (Å²) < 4.78 is 28.5. The summed E-state index contributed by atoms with van der Waals surface area (Å²) in [6.07, 6.45) is 0. The first-order chi connectivity index (χ1) is 17.5. The molecule has 9 heteroatoms. The van der Waals surface area contributed by atoms with E-state index in [9.17, 15) is 18.0 Å². The number of likely N-dealkylation sites (N-methyl/N-ethyl adjacent to an activating group) is 1. The van der Waals surface area contributed by atoms with Gasteiger partial charge in [0.05, 0.1) is 10.6 Å². The van der Waals surface area contributed by atoms with Crippen molar-refractivity contribution in [3.05, 3.63) is 94.5 Å². The first-order valence-electron chi connectivity index (χ1n) is 12.0. The second-order valence-electron chi connectivity index (χ2n) is 8.88. The number of halogens is 1. The van der Waals surface area contributed by atoms with Gasteiger partial charge in [0.15, 0.2) is 0 Å². The van der Waals surface area contributed by atoms with Crippen molar-refractivity contribution in [3.8, 4) is 0 Å². The standard InChI is InChI=1S/C28H32ClN3O4S/c1-5-30-28(34)22(4)31(18-23-10-6-20(2)7-11-23)27(33)19-32(25-14-12-24(29)13-15-25)37(35,36)26-16-8-21(3)9-17-26/h6-17,22H,5,18-19H2,1-4H3,(H,30,34)/t22-/m1/s1. The van der Waals surface area contributed by atoms with Crippen molar-refractivity contribution < 1.29 is 18.0 Å². The van der Waals surface area contributed by atoms with Crippen molar-refractivity contribution in [1.82, 2.24) is 10.2 Å². The monoisotopic (exact) mass is 541 g/mol. The van der Waals surface area contributed by atoms with E-state index >= 15 is 0 Å². The molecule has 0 saturated carbocycles. The van der Waals surface area contributed by atoms with Crippen molar-refractivity contribution in [1.29, 1.82) is 0 Å². The van der Waals surface area contributed by atoms with Gasteiger partial charge in [0.1, 0.15) is 12.6 Å². The molecular formula is C28H32ClN3O4S. The maximum Gasteiger partial charge on any atom is 0.264 e. The van der Waals surface area contributed by atoms with E-state index in [1.807, 2.05) is 38.1 Å². The lowest BCUT2D eigenvalue weighted by Gasteiger charge is -2.32. The lowest BCUT2D eigenvalue weighted by Crippen LogP contribution is -2.51. The first-order valence-corrected chi connectivity index (χ1v) is 13.8. The summed E-state index contributed by atoms with van der Waals surface area (Å²) in [5, 5.41) is 3.19. The number of sulfonamides is 1. The SMILES string of the molecule is CCNC(=O)[C@@H](C)N(Cc1ccc(C)cc1)C(=O)CN(c1ccc(Cl)cc1)S(=O)(=O)c1ccc(C)cc1. The van der Waals surface area contributed by atoms with Crippen LogP contribution in [0.2, 0.25) is 5.02 Å². The van der Waals surface area contributed by atoms with Crippen LogP contribution in [0.3, 0.4) is 0 Å². The molecule has 1 atom stereocenters. The second kappa shape index (κ2) is 12.3. The number of benzene rings is 3. The highest BCUT2D eigenvalue weighted by molar-refractivity contribution is 7.92. The lowest BCUT2D eigenvalue weighted by atomic mass is 10.1. The summed E-state index contributed by atoms with van der Waals surface area (Å²) in [6.45, 7) is 7.33. The van der Waals surface area contributed by atoms with Gasteiger partial charge in [0, 0.05) is 18.1 Å². The number of rotatable bonds is 10. The number of aryl methyl sites for hydroxylation is 2. The Morgan fingerprint density at radius 1 is 0.892 bits per heavy atom. The van der Waals surface area contributed by atoms with Gasteiger partial charge >= 0.3 is 0 Å². The number of amides is 2. The second-order valence-corrected chi connectivity index (χ2v) is 11.2. The highest BCUT2D eigenvalue weighted by Gasteiger charge is 2.32. The van der Waals surface area contributed by atoms with E-state index in [1.54, 1.807) is 50.2 Å². The summed E-state index contributed by atoms with van der Waals surface area (Å²) in [6, 6.07) is 19.5. The number of carbonyl (C=O) groups is 2. The number of nitrogens with one attached hydrogen (secondary N) is 1. The Labute approximate surface area is 224 Å². The van der Waals surface area contributed by atoms with Gasteiger partial charge in [0.2, 0.25) is 11.8 Å². The van der Waals surface area contributed by atoms with Crippen LogP contribution < -0.4 is 9.62 Å². The van der Waals surface area contributed by atoms with Crippen LogP contribution in [0, 0.1) is 13.8 Å². The molecule has 0 bridgehead atoms. The van der Waals surface area contributed by atoms with Crippen molar-refractivity contribution in [3.63, 3.8) is 0 Å². The predicted molar refractivity (Wildman–Crippen MR) is 147 cm³/mol. The molecule has 3 aromatic carbocycles. The van der Waals surface area contributed by atoms with Crippen molar-refractivity contribution in [2.24, 2.45) is 0 Å². The van der Waals surface area contributed by atoms with Crippen LogP contribution in [0.15, 0.2) is 77.7 Å². The van der Waals surface area contributed by atoms with E-state index in [0.29, 0.717) is 17.3 Å². The molecule has 0 aliphatic heterocycles. The van der Waals surface area contributed by atoms with Gasteiger partial charge in [-0.25, -0.2) is 8.42 Å². The van der Waals surface area contributed by atoms with E-state index in [4.69, 9.17) is 11.6 Å². The van der Waals surface area contributed by atoms with Crippen LogP contribution in [0.4, 0.5) is 5.69 Å². The van der Waals surface area contributed by atoms with E-state index in [0.717, 1.165) is 21.0 Å². The maximum atomic E-state index is 13.8. The van der Waals surface area contributed by atoms with Crippen LogP contribution in [0.5, 0.6) is 0 Å². The Balaban J connectivity index is 2.01. The van der Waals surface area contributed by atoms with E-state index in [-0.39, 0.29) is 17.3 Å². The zero-order valence-corrected chi connectivity index (χ0v) is 23.0. The third kappa shape index (κ3) is 7.11. The molecule has 2 amide bonds. The number of carbonyl (C=O) groups excluding carboxylic acids is 2. The molecule has 3 aromatic rings. The molecule has 0 saturated heterocycles. The minimum Gasteiger partial charge on any atom is -0.355 e. The summed E-state index contributed by atoms with van der Waals surface area (Å²) in [5.74, 6) is -0.827. The van der Waals surface area contributed by atoms with Crippen LogP contribution in [-0.4, -0.2) is 44.3 Å². The average molecular weight is 542 g/mol. The van der Waals surface area contributed by atoms with E-state index in [2.05, 4.69) is 5.32 Å². The summed E-state index contributed by atoms with van der Waals surface area (Å²) >= 11 is 6.04. The fourth-order valence-electron chi connectivity index (χ4n) is 3.77. The molecule has 0 spiro atoms. The van der Waals surface area contributed by atoms with E-state index < -0.39 is 28.5 Å². The van der Waals surface area contributed by atoms with Crippen molar-refractivity contribution in [2.75, 3.05) is 17.4 Å². The average Bonchev–Trinajstić information content (AvgIpc) is 2.87. The Hall–Kier alpha value is -3.36. The van der Waals surface area contributed by atoms with Gasteiger partial charge in [-0.3, -0.25) is 13.9 Å². The van der Waals surface area contributed by atoms with Crippen LogP contribution >= 0.6 is 11.6 Å². The third-order valence-electron chi connectivity index (χ3n) is 5.99. The zero-order valence-electron chi connectivity index (χ0n) is 21.4. The molecule has 7 nitrogen and oxygen atoms in total. The molecule has 37 heavy (non-hydrogen) atoms. The van der Waals surface area contributed by atoms with Gasteiger partial charge in [-0.1, -0.05) is 59.1 Å². The Kier molecular flexibility index (Phi) is 9.34. The van der Waals surface area contributed by atoms with Gasteiger partial charge in [-0.15, -0.1) is 0 Å². The molecule has 0 unspecified atom stereocenters. The molecule has 0 heterocycles. The minimum atomic E-state index is -4.10. The molecule has 196 valence electrons. The van der Waals surface area contributed by atoms with Gasteiger partial charge < -0.3 is 10.2 Å². The molecule has 0 aliphatic rings. The van der Waals surface area contributed by atoms with Gasteiger partial charge in [-0.05, 0) is 69.7 Å². The summed E-state index contributed by atoms with van der Waals surface area (Å²) in [4.78, 5) is 28.0. The maximum absolute atomic E-state index is 13.8. The Morgan fingerprint density at radius 2 is 1.43 bits per heavy atom. The van der Waals surface area contributed by atoms with Crippen LogP contribution in [0.25, 0.3) is 0 Å². The first kappa shape index (κ1) is 28.2. The number of hydrogen-bond donors (Lipinski definition) is 1. The van der Waals surface area contributed by atoms with Gasteiger partial charge in [0.25, 0.3) is 10.0 Å². The fourth-order valence-corrected chi connectivity index (χ4v) is 5.31.